The Bertz CT molecular complexity index is 564. The second-order valence-electron chi connectivity index (χ2n) is 6.03. The van der Waals surface area contributed by atoms with E-state index < -0.39 is 0 Å². The van der Waals surface area contributed by atoms with Crippen molar-refractivity contribution in [2.45, 2.75) is 31.8 Å². The Morgan fingerprint density at radius 1 is 1.29 bits per heavy atom. The largest absolute Gasteiger partial charge is 0.309 e. The molecule has 0 aliphatic carbocycles. The Morgan fingerprint density at radius 3 is 2.95 bits per heavy atom. The third kappa shape index (κ3) is 3.54. The molecule has 3 heteroatoms. The number of thiophene rings is 1. The Kier molecular flexibility index (Phi) is 4.73. The van der Waals surface area contributed by atoms with Gasteiger partial charge in [0.1, 0.15) is 0 Å². The van der Waals surface area contributed by atoms with Gasteiger partial charge in [-0.05, 0) is 55.9 Å². The van der Waals surface area contributed by atoms with Crippen LogP contribution in [0, 0.1) is 0 Å². The van der Waals surface area contributed by atoms with Gasteiger partial charge < -0.3 is 10.2 Å². The van der Waals surface area contributed by atoms with Crippen LogP contribution < -0.4 is 5.32 Å². The van der Waals surface area contributed by atoms with Gasteiger partial charge in [-0.1, -0.05) is 30.3 Å². The van der Waals surface area contributed by atoms with Crippen LogP contribution in [0.4, 0.5) is 0 Å². The lowest BCUT2D eigenvalue weighted by Gasteiger charge is -2.33. The molecule has 2 heterocycles. The lowest BCUT2D eigenvalue weighted by molar-refractivity contribution is 0.225. The highest BCUT2D eigenvalue weighted by atomic mass is 32.1. The second-order valence-corrected chi connectivity index (χ2v) is 7.06. The molecule has 3 rings (SSSR count). The molecule has 0 spiro atoms. The van der Waals surface area contributed by atoms with Crippen molar-refractivity contribution in [2.75, 3.05) is 20.1 Å². The number of hydrogen-bond donors (Lipinski definition) is 1. The van der Waals surface area contributed by atoms with Gasteiger partial charge in [-0.3, -0.25) is 0 Å². The summed E-state index contributed by atoms with van der Waals surface area (Å²) in [5.74, 6) is 0. The van der Waals surface area contributed by atoms with Gasteiger partial charge in [-0.2, -0.15) is 0 Å². The van der Waals surface area contributed by atoms with E-state index in [4.69, 9.17) is 0 Å². The highest BCUT2D eigenvalue weighted by Gasteiger charge is 2.22. The maximum atomic E-state index is 3.68. The van der Waals surface area contributed by atoms with Gasteiger partial charge in [-0.25, -0.2) is 0 Å². The first-order chi connectivity index (χ1) is 10.2. The van der Waals surface area contributed by atoms with Crippen LogP contribution in [-0.2, 0) is 12.8 Å². The first-order valence-corrected chi connectivity index (χ1v) is 8.66. The van der Waals surface area contributed by atoms with E-state index in [1.165, 1.54) is 16.0 Å². The van der Waals surface area contributed by atoms with E-state index in [0.717, 1.165) is 25.9 Å². The third-order valence-electron chi connectivity index (χ3n) is 4.52. The van der Waals surface area contributed by atoms with E-state index >= 15 is 0 Å². The van der Waals surface area contributed by atoms with Crippen molar-refractivity contribution in [2.24, 2.45) is 0 Å². The Morgan fingerprint density at radius 2 is 2.14 bits per heavy atom. The number of benzene rings is 1. The number of hydrogen-bond acceptors (Lipinski definition) is 3. The molecule has 0 amide bonds. The predicted molar refractivity (Wildman–Crippen MR) is 91.0 cm³/mol. The fourth-order valence-corrected chi connectivity index (χ4v) is 3.93. The predicted octanol–water partition coefficient (Wildman–Crippen LogP) is 3.50. The first kappa shape index (κ1) is 14.8. The van der Waals surface area contributed by atoms with E-state index in [1.54, 1.807) is 0 Å². The van der Waals surface area contributed by atoms with E-state index in [0.29, 0.717) is 12.1 Å². The molecule has 1 aliphatic heterocycles. The number of fused-ring (bicyclic) bond motifs is 1. The van der Waals surface area contributed by atoms with Crippen molar-refractivity contribution in [3.8, 4) is 0 Å². The molecular weight excluding hydrogens is 276 g/mol. The molecule has 2 aromatic rings. The van der Waals surface area contributed by atoms with Crippen molar-refractivity contribution in [1.82, 2.24) is 10.2 Å². The van der Waals surface area contributed by atoms with Gasteiger partial charge in [-0.15, -0.1) is 11.3 Å². The van der Waals surface area contributed by atoms with Crippen molar-refractivity contribution < 1.29 is 0 Å². The van der Waals surface area contributed by atoms with E-state index in [-0.39, 0.29) is 0 Å². The zero-order valence-electron chi connectivity index (χ0n) is 12.9. The lowest BCUT2D eigenvalue weighted by Crippen LogP contribution is -2.41. The van der Waals surface area contributed by atoms with Gasteiger partial charge in [0.25, 0.3) is 0 Å². The summed E-state index contributed by atoms with van der Waals surface area (Å²) < 4.78 is 0. The molecule has 1 aromatic heterocycles. The molecule has 0 fully saturated rings. The highest BCUT2D eigenvalue weighted by molar-refractivity contribution is 7.09. The van der Waals surface area contributed by atoms with Crippen LogP contribution >= 0.6 is 11.3 Å². The number of nitrogens with one attached hydrogen (secondary N) is 1. The summed E-state index contributed by atoms with van der Waals surface area (Å²) in [6.07, 6.45) is 2.30. The topological polar surface area (TPSA) is 15.3 Å². The van der Waals surface area contributed by atoms with Crippen LogP contribution in [0.1, 0.15) is 29.0 Å². The van der Waals surface area contributed by atoms with E-state index in [1.807, 2.05) is 11.3 Å². The number of nitrogens with zero attached hydrogens (tertiary/aromatic N) is 1. The molecule has 1 aliphatic rings. The summed E-state index contributed by atoms with van der Waals surface area (Å²) in [6, 6.07) is 14.3. The molecule has 0 radical (unpaired) electrons. The number of rotatable bonds is 5. The average molecular weight is 300 g/mol. The van der Waals surface area contributed by atoms with Crippen molar-refractivity contribution in [3.05, 3.63) is 57.8 Å². The second kappa shape index (κ2) is 6.73. The molecule has 2 unspecified atom stereocenters. The Balaban J connectivity index is 1.64. The van der Waals surface area contributed by atoms with Gasteiger partial charge in [0.05, 0.1) is 0 Å². The molecular formula is C18H24N2S. The van der Waals surface area contributed by atoms with Crippen LogP contribution in [0.15, 0.2) is 41.8 Å². The summed E-state index contributed by atoms with van der Waals surface area (Å²) in [5.41, 5.74) is 3.00. The van der Waals surface area contributed by atoms with Crippen LogP contribution in [-0.4, -0.2) is 31.1 Å². The summed E-state index contributed by atoms with van der Waals surface area (Å²) in [6.45, 7) is 4.49. The third-order valence-corrected chi connectivity index (χ3v) is 5.41. The standard InChI is InChI=1S/C18H24N2S/c1-14(12-16-7-5-11-21-16)20(2)13-18-17-8-4-3-6-15(17)9-10-19-18/h3-8,11,14,18-19H,9-10,12-13H2,1-2H3. The minimum absolute atomic E-state index is 0.464. The van der Waals surface area contributed by atoms with Crippen LogP contribution in [0.3, 0.4) is 0 Å². The van der Waals surface area contributed by atoms with Gasteiger partial charge in [0.2, 0.25) is 0 Å². The minimum Gasteiger partial charge on any atom is -0.309 e. The molecule has 1 aromatic carbocycles. The minimum atomic E-state index is 0.464. The zero-order chi connectivity index (χ0) is 14.7. The summed E-state index contributed by atoms with van der Waals surface area (Å²) in [4.78, 5) is 3.96. The van der Waals surface area contributed by atoms with Crippen molar-refractivity contribution >= 4 is 11.3 Å². The van der Waals surface area contributed by atoms with Crippen LogP contribution in [0.2, 0.25) is 0 Å². The molecule has 0 saturated heterocycles. The van der Waals surface area contributed by atoms with Crippen molar-refractivity contribution in [1.29, 1.82) is 0 Å². The highest BCUT2D eigenvalue weighted by Crippen LogP contribution is 2.24. The monoisotopic (exact) mass is 300 g/mol. The summed E-state index contributed by atoms with van der Waals surface area (Å²) in [7, 11) is 2.25. The molecule has 21 heavy (non-hydrogen) atoms. The fraction of sp³-hybridized carbons (Fsp3) is 0.444. The molecule has 1 N–H and O–H groups in total. The Hall–Kier alpha value is -1.16. The molecule has 2 nitrogen and oxygen atoms in total. The van der Waals surface area contributed by atoms with E-state index in [9.17, 15) is 0 Å². The quantitative estimate of drug-likeness (QED) is 0.909. The summed E-state index contributed by atoms with van der Waals surface area (Å²) in [5, 5.41) is 5.85. The fourth-order valence-electron chi connectivity index (χ4n) is 3.10. The molecule has 2 atom stereocenters. The van der Waals surface area contributed by atoms with Crippen LogP contribution in [0.5, 0.6) is 0 Å². The SMILES string of the molecule is CC(Cc1cccs1)N(C)CC1NCCc2ccccc21. The average Bonchev–Trinajstić information content (AvgIpc) is 3.00. The molecule has 112 valence electrons. The smallest absolute Gasteiger partial charge is 0.0452 e. The van der Waals surface area contributed by atoms with Crippen molar-refractivity contribution in [3.63, 3.8) is 0 Å². The van der Waals surface area contributed by atoms with Crippen LogP contribution in [0.25, 0.3) is 0 Å². The summed E-state index contributed by atoms with van der Waals surface area (Å²) >= 11 is 1.86. The maximum absolute atomic E-state index is 3.68. The lowest BCUT2D eigenvalue weighted by atomic mass is 9.94. The van der Waals surface area contributed by atoms with E-state index in [2.05, 4.69) is 66.0 Å². The zero-order valence-corrected chi connectivity index (χ0v) is 13.7. The first-order valence-electron chi connectivity index (χ1n) is 7.78. The maximum Gasteiger partial charge on any atom is 0.0452 e. The normalized spacial score (nSPS) is 19.5. The molecule has 0 bridgehead atoms. The Labute approximate surface area is 131 Å². The molecule has 0 saturated carbocycles. The van der Waals surface area contributed by atoms with Gasteiger partial charge in [0.15, 0.2) is 0 Å². The van der Waals surface area contributed by atoms with Gasteiger partial charge >= 0.3 is 0 Å². The number of likely N-dealkylation sites (N-methyl/N-ethyl adjacent to an activating group) is 1. The van der Waals surface area contributed by atoms with Gasteiger partial charge in [0, 0.05) is 23.5 Å².